The van der Waals surface area contributed by atoms with E-state index in [1.807, 2.05) is 0 Å². The second kappa shape index (κ2) is 5.37. The van der Waals surface area contributed by atoms with Crippen LogP contribution < -0.4 is 10.1 Å². The summed E-state index contributed by atoms with van der Waals surface area (Å²) in [4.78, 5) is 14.4. The van der Waals surface area contributed by atoms with Gasteiger partial charge in [-0.15, -0.1) is 13.2 Å². The summed E-state index contributed by atoms with van der Waals surface area (Å²) in [5, 5.41) is 2.56. The Morgan fingerprint density at radius 3 is 2.65 bits per heavy atom. The Morgan fingerprint density at radius 2 is 2.18 bits per heavy atom. The Kier molecular flexibility index (Phi) is 4.13. The minimum Gasteiger partial charge on any atom is -0.468 e. The third-order valence-corrected chi connectivity index (χ3v) is 1.61. The molecule has 94 valence electrons. The van der Waals surface area contributed by atoms with Gasteiger partial charge in [-0.3, -0.25) is 4.79 Å². The van der Waals surface area contributed by atoms with Crippen molar-refractivity contribution in [1.29, 1.82) is 0 Å². The van der Waals surface area contributed by atoms with Crippen LogP contribution in [0.15, 0.2) is 18.3 Å². The second-order valence-corrected chi connectivity index (χ2v) is 2.86. The fraction of sp³-hybridized carbons (Fsp3) is 0.333. The molecule has 0 aliphatic heterocycles. The molecule has 17 heavy (non-hydrogen) atoms. The number of aromatic nitrogens is 1. The van der Waals surface area contributed by atoms with Gasteiger partial charge in [0.25, 0.3) is 0 Å². The molecule has 0 saturated heterocycles. The number of carbonyl (C=O) groups excluding carboxylic acids is 1. The van der Waals surface area contributed by atoms with E-state index in [-0.39, 0.29) is 12.4 Å². The van der Waals surface area contributed by atoms with Crippen LogP contribution in [0.4, 0.5) is 19.0 Å². The van der Waals surface area contributed by atoms with Crippen LogP contribution in [-0.4, -0.2) is 31.0 Å². The summed E-state index contributed by atoms with van der Waals surface area (Å²) in [6.45, 7) is -0.122. The first-order valence-corrected chi connectivity index (χ1v) is 4.43. The Morgan fingerprint density at radius 1 is 1.47 bits per heavy atom. The van der Waals surface area contributed by atoms with E-state index in [2.05, 4.69) is 19.8 Å². The van der Waals surface area contributed by atoms with Crippen molar-refractivity contribution < 1.29 is 27.4 Å². The van der Waals surface area contributed by atoms with Gasteiger partial charge in [-0.05, 0) is 12.1 Å². The zero-order valence-corrected chi connectivity index (χ0v) is 8.75. The van der Waals surface area contributed by atoms with Crippen LogP contribution in [0.2, 0.25) is 0 Å². The van der Waals surface area contributed by atoms with E-state index in [1.54, 1.807) is 0 Å². The first-order valence-electron chi connectivity index (χ1n) is 4.43. The minimum absolute atomic E-state index is 0.122. The van der Waals surface area contributed by atoms with Crippen LogP contribution in [-0.2, 0) is 9.53 Å². The molecule has 0 fully saturated rings. The number of nitrogens with one attached hydrogen (secondary N) is 1. The quantitative estimate of drug-likeness (QED) is 0.822. The maximum atomic E-state index is 11.8. The first kappa shape index (κ1) is 13.1. The maximum absolute atomic E-state index is 11.8. The van der Waals surface area contributed by atoms with Gasteiger partial charge in [-0.2, -0.15) is 0 Å². The summed E-state index contributed by atoms with van der Waals surface area (Å²) in [5.74, 6) is -0.700. The van der Waals surface area contributed by atoms with Gasteiger partial charge < -0.3 is 14.8 Å². The smallest absolute Gasteiger partial charge is 0.468 e. The highest BCUT2D eigenvalue weighted by Crippen LogP contribution is 2.22. The van der Waals surface area contributed by atoms with Crippen molar-refractivity contribution in [3.05, 3.63) is 18.3 Å². The zero-order chi connectivity index (χ0) is 12.9. The summed E-state index contributed by atoms with van der Waals surface area (Å²) in [7, 11) is 1.22. The van der Waals surface area contributed by atoms with E-state index in [4.69, 9.17) is 0 Å². The molecule has 0 spiro atoms. The molecule has 0 bridgehead atoms. The van der Waals surface area contributed by atoms with Crippen molar-refractivity contribution in [3.63, 3.8) is 0 Å². The van der Waals surface area contributed by atoms with Crippen LogP contribution in [0, 0.1) is 0 Å². The molecule has 1 N–H and O–H groups in total. The summed E-state index contributed by atoms with van der Waals surface area (Å²) in [5.41, 5.74) is 0. The predicted molar refractivity (Wildman–Crippen MR) is 51.4 cm³/mol. The number of anilines is 1. The predicted octanol–water partition coefficient (Wildman–Crippen LogP) is 1.57. The first-order chi connectivity index (χ1) is 7.90. The van der Waals surface area contributed by atoms with E-state index in [9.17, 15) is 18.0 Å². The monoisotopic (exact) mass is 250 g/mol. The molecule has 1 heterocycles. The standard InChI is InChI=1S/C9H9F3N2O3/c1-16-8(15)5-14-7-3-2-6(4-13-7)17-9(10,11)12/h2-4H,5H2,1H3,(H,13,14). The van der Waals surface area contributed by atoms with Crippen molar-refractivity contribution in [2.45, 2.75) is 6.36 Å². The number of alkyl halides is 3. The van der Waals surface area contributed by atoms with Crippen LogP contribution >= 0.6 is 0 Å². The molecule has 0 aromatic carbocycles. The van der Waals surface area contributed by atoms with E-state index < -0.39 is 18.1 Å². The molecule has 0 amide bonds. The van der Waals surface area contributed by atoms with E-state index in [0.29, 0.717) is 0 Å². The molecule has 5 nitrogen and oxygen atoms in total. The molecular formula is C9H9F3N2O3. The molecule has 0 unspecified atom stereocenters. The SMILES string of the molecule is COC(=O)CNc1ccc(OC(F)(F)F)cn1. The largest absolute Gasteiger partial charge is 0.573 e. The van der Waals surface area contributed by atoms with Gasteiger partial charge in [-0.1, -0.05) is 0 Å². The molecule has 0 atom stereocenters. The van der Waals surface area contributed by atoms with Gasteiger partial charge in [-0.25, -0.2) is 4.98 Å². The summed E-state index contributed by atoms with van der Waals surface area (Å²) in [6.07, 6.45) is -3.85. The lowest BCUT2D eigenvalue weighted by Gasteiger charge is -2.09. The topological polar surface area (TPSA) is 60.5 Å². The number of hydrogen-bond acceptors (Lipinski definition) is 5. The number of rotatable bonds is 4. The average molecular weight is 250 g/mol. The number of hydrogen-bond donors (Lipinski definition) is 1. The van der Waals surface area contributed by atoms with Crippen LogP contribution in [0.25, 0.3) is 0 Å². The number of carbonyl (C=O) groups is 1. The van der Waals surface area contributed by atoms with Crippen LogP contribution in [0.1, 0.15) is 0 Å². The summed E-state index contributed by atoms with van der Waals surface area (Å²) in [6, 6.07) is 2.34. The van der Waals surface area contributed by atoms with Gasteiger partial charge >= 0.3 is 12.3 Å². The fourth-order valence-electron chi connectivity index (χ4n) is 0.914. The van der Waals surface area contributed by atoms with Crippen molar-refractivity contribution >= 4 is 11.8 Å². The summed E-state index contributed by atoms with van der Waals surface area (Å²) >= 11 is 0. The zero-order valence-electron chi connectivity index (χ0n) is 8.75. The van der Waals surface area contributed by atoms with E-state index in [1.165, 1.54) is 13.2 Å². The van der Waals surface area contributed by atoms with Crippen molar-refractivity contribution in [3.8, 4) is 5.75 Å². The molecular weight excluding hydrogens is 241 g/mol. The Balaban J connectivity index is 2.53. The molecule has 0 saturated carbocycles. The number of pyridine rings is 1. The van der Waals surface area contributed by atoms with E-state index in [0.717, 1.165) is 12.3 Å². The maximum Gasteiger partial charge on any atom is 0.573 e. The highest BCUT2D eigenvalue weighted by Gasteiger charge is 2.31. The van der Waals surface area contributed by atoms with Crippen molar-refractivity contribution in [1.82, 2.24) is 4.98 Å². The summed E-state index contributed by atoms with van der Waals surface area (Å²) < 4.78 is 43.4. The van der Waals surface area contributed by atoms with Crippen LogP contribution in [0.3, 0.4) is 0 Å². The molecule has 0 aliphatic rings. The molecule has 1 rings (SSSR count). The highest BCUT2D eigenvalue weighted by atomic mass is 19.4. The highest BCUT2D eigenvalue weighted by molar-refractivity contribution is 5.74. The number of halogens is 3. The number of nitrogens with zero attached hydrogens (tertiary/aromatic N) is 1. The fourth-order valence-corrected chi connectivity index (χ4v) is 0.914. The lowest BCUT2D eigenvalue weighted by molar-refractivity contribution is -0.274. The van der Waals surface area contributed by atoms with Crippen LogP contribution in [0.5, 0.6) is 5.75 Å². The number of ether oxygens (including phenoxy) is 2. The minimum atomic E-state index is -4.75. The Bertz CT molecular complexity index is 378. The molecule has 0 radical (unpaired) electrons. The van der Waals surface area contributed by atoms with Gasteiger partial charge in [0.2, 0.25) is 0 Å². The van der Waals surface area contributed by atoms with Gasteiger partial charge in [0.15, 0.2) is 0 Å². The lowest BCUT2D eigenvalue weighted by Crippen LogP contribution is -2.18. The second-order valence-electron chi connectivity index (χ2n) is 2.86. The van der Waals surface area contributed by atoms with Gasteiger partial charge in [0.1, 0.15) is 18.1 Å². The van der Waals surface area contributed by atoms with Crippen molar-refractivity contribution in [2.24, 2.45) is 0 Å². The van der Waals surface area contributed by atoms with Crippen molar-refractivity contribution in [2.75, 3.05) is 19.0 Å². The molecule has 0 aliphatic carbocycles. The van der Waals surface area contributed by atoms with Gasteiger partial charge in [0.05, 0.1) is 13.3 Å². The number of methoxy groups -OCH3 is 1. The Hall–Kier alpha value is -1.99. The third kappa shape index (κ3) is 5.05. The average Bonchev–Trinajstić information content (AvgIpc) is 2.25. The third-order valence-electron chi connectivity index (χ3n) is 1.61. The normalized spacial score (nSPS) is 10.8. The molecule has 1 aromatic rings. The Labute approximate surface area is 94.5 Å². The molecule has 8 heteroatoms. The van der Waals surface area contributed by atoms with E-state index >= 15 is 0 Å². The number of esters is 1. The van der Waals surface area contributed by atoms with Gasteiger partial charge in [0, 0.05) is 0 Å². The lowest BCUT2D eigenvalue weighted by atomic mass is 10.4. The molecule has 1 aromatic heterocycles.